The fourth-order valence-corrected chi connectivity index (χ4v) is 2.22. The van der Waals surface area contributed by atoms with Crippen molar-refractivity contribution in [2.45, 2.75) is 0 Å². The van der Waals surface area contributed by atoms with Crippen LogP contribution in [-0.2, 0) is 4.79 Å². The summed E-state index contributed by atoms with van der Waals surface area (Å²) in [5, 5.41) is 11.3. The Labute approximate surface area is 136 Å². The van der Waals surface area contributed by atoms with Gasteiger partial charge in [0, 0.05) is 17.1 Å². The minimum Gasteiger partial charge on any atom is -0.484 e. The van der Waals surface area contributed by atoms with E-state index in [4.69, 9.17) is 27.9 Å². The molecule has 0 bridgehead atoms. The quantitative estimate of drug-likeness (QED) is 0.760. The number of aromatic nitrogens is 2. The summed E-state index contributed by atoms with van der Waals surface area (Å²) in [4.78, 5) is 11.9. The van der Waals surface area contributed by atoms with E-state index < -0.39 is 0 Å². The highest BCUT2D eigenvalue weighted by Crippen LogP contribution is 2.26. The average molecular weight is 336 g/mol. The van der Waals surface area contributed by atoms with Gasteiger partial charge in [0.05, 0.1) is 21.8 Å². The largest absolute Gasteiger partial charge is 0.484 e. The Morgan fingerprint density at radius 1 is 1.18 bits per heavy atom. The third-order valence-corrected chi connectivity index (χ3v) is 3.72. The molecule has 0 aliphatic heterocycles. The van der Waals surface area contributed by atoms with E-state index in [2.05, 4.69) is 15.5 Å². The molecule has 0 atom stereocenters. The van der Waals surface area contributed by atoms with Crippen molar-refractivity contribution in [3.63, 3.8) is 0 Å². The van der Waals surface area contributed by atoms with Gasteiger partial charge in [-0.1, -0.05) is 23.2 Å². The summed E-state index contributed by atoms with van der Waals surface area (Å²) >= 11 is 11.7. The second kappa shape index (κ2) is 6.25. The molecule has 112 valence electrons. The van der Waals surface area contributed by atoms with E-state index in [0.29, 0.717) is 21.5 Å². The maximum absolute atomic E-state index is 11.9. The van der Waals surface area contributed by atoms with Gasteiger partial charge in [0.15, 0.2) is 6.61 Å². The zero-order chi connectivity index (χ0) is 15.5. The number of nitrogens with zero attached hydrogens (tertiary/aromatic N) is 1. The zero-order valence-corrected chi connectivity index (χ0v) is 12.8. The number of nitrogens with one attached hydrogen (secondary N) is 2. The first kappa shape index (κ1) is 14.7. The van der Waals surface area contributed by atoms with E-state index >= 15 is 0 Å². The van der Waals surface area contributed by atoms with Crippen molar-refractivity contribution in [2.75, 3.05) is 11.9 Å². The van der Waals surface area contributed by atoms with E-state index in [1.807, 2.05) is 12.1 Å². The molecule has 0 unspecified atom stereocenters. The van der Waals surface area contributed by atoms with Crippen molar-refractivity contribution in [1.82, 2.24) is 10.2 Å². The van der Waals surface area contributed by atoms with Gasteiger partial charge >= 0.3 is 0 Å². The molecular weight excluding hydrogens is 325 g/mol. The van der Waals surface area contributed by atoms with E-state index in [0.717, 1.165) is 10.9 Å². The third-order valence-electron chi connectivity index (χ3n) is 2.98. The van der Waals surface area contributed by atoms with Gasteiger partial charge in [-0.3, -0.25) is 9.89 Å². The fraction of sp³-hybridized carbons (Fsp3) is 0.0667. The van der Waals surface area contributed by atoms with E-state index in [9.17, 15) is 4.79 Å². The molecule has 0 radical (unpaired) electrons. The lowest BCUT2D eigenvalue weighted by Gasteiger charge is -2.08. The maximum Gasteiger partial charge on any atom is 0.262 e. The van der Waals surface area contributed by atoms with Gasteiger partial charge in [-0.15, -0.1) is 0 Å². The maximum atomic E-state index is 11.9. The molecule has 3 rings (SSSR count). The summed E-state index contributed by atoms with van der Waals surface area (Å²) in [5.41, 5.74) is 1.58. The molecule has 1 amide bonds. The van der Waals surface area contributed by atoms with Crippen LogP contribution in [0, 0.1) is 0 Å². The topological polar surface area (TPSA) is 67.0 Å². The summed E-state index contributed by atoms with van der Waals surface area (Å²) in [5.74, 6) is 0.212. The Kier molecular flexibility index (Phi) is 4.18. The zero-order valence-electron chi connectivity index (χ0n) is 11.3. The number of hydrogen-bond acceptors (Lipinski definition) is 3. The highest BCUT2D eigenvalue weighted by Gasteiger charge is 2.06. The molecule has 1 heterocycles. The molecule has 0 saturated heterocycles. The number of benzene rings is 2. The molecule has 5 nitrogen and oxygen atoms in total. The van der Waals surface area contributed by atoms with Crippen molar-refractivity contribution < 1.29 is 9.53 Å². The number of rotatable bonds is 4. The lowest BCUT2D eigenvalue weighted by molar-refractivity contribution is -0.118. The van der Waals surface area contributed by atoms with Gasteiger partial charge in [0.2, 0.25) is 0 Å². The SMILES string of the molecule is O=C(COc1ccc(Cl)c(Cl)c1)Nc1ccc2[nH]ncc2c1. The van der Waals surface area contributed by atoms with Crippen molar-refractivity contribution in [2.24, 2.45) is 0 Å². The Hall–Kier alpha value is -2.24. The van der Waals surface area contributed by atoms with Gasteiger partial charge in [-0.2, -0.15) is 5.10 Å². The van der Waals surface area contributed by atoms with Crippen LogP contribution in [0.1, 0.15) is 0 Å². The molecule has 0 aliphatic carbocycles. The molecule has 22 heavy (non-hydrogen) atoms. The van der Waals surface area contributed by atoms with Gasteiger partial charge in [-0.25, -0.2) is 0 Å². The number of aromatic amines is 1. The van der Waals surface area contributed by atoms with Crippen molar-refractivity contribution in [3.05, 3.63) is 52.6 Å². The second-order valence-corrected chi connectivity index (χ2v) is 5.40. The lowest BCUT2D eigenvalue weighted by Crippen LogP contribution is -2.20. The molecule has 2 N–H and O–H groups in total. The number of carbonyl (C=O) groups is 1. The summed E-state index contributed by atoms with van der Waals surface area (Å²) in [6.07, 6.45) is 1.69. The minimum atomic E-state index is -0.270. The van der Waals surface area contributed by atoms with Crippen LogP contribution in [0.5, 0.6) is 5.75 Å². The predicted molar refractivity (Wildman–Crippen MR) is 86.7 cm³/mol. The monoisotopic (exact) mass is 335 g/mol. The van der Waals surface area contributed by atoms with Crippen LogP contribution in [0.25, 0.3) is 10.9 Å². The molecule has 0 saturated carbocycles. The smallest absolute Gasteiger partial charge is 0.262 e. The van der Waals surface area contributed by atoms with E-state index in [1.165, 1.54) is 0 Å². The molecule has 2 aromatic carbocycles. The number of H-pyrrole nitrogens is 1. The molecule has 0 aliphatic rings. The Morgan fingerprint density at radius 2 is 2.05 bits per heavy atom. The van der Waals surface area contributed by atoms with E-state index in [1.54, 1.807) is 30.5 Å². The molecule has 7 heteroatoms. The van der Waals surface area contributed by atoms with E-state index in [-0.39, 0.29) is 12.5 Å². The lowest BCUT2D eigenvalue weighted by atomic mass is 10.2. The van der Waals surface area contributed by atoms with Gasteiger partial charge in [0.1, 0.15) is 5.75 Å². The predicted octanol–water partition coefficient (Wildman–Crippen LogP) is 3.89. The number of fused-ring (bicyclic) bond motifs is 1. The summed E-state index contributed by atoms with van der Waals surface area (Å²) < 4.78 is 5.37. The second-order valence-electron chi connectivity index (χ2n) is 4.58. The van der Waals surface area contributed by atoms with Crippen LogP contribution in [0.2, 0.25) is 10.0 Å². The standard InChI is InChI=1S/C15H11Cl2N3O2/c16-12-3-2-11(6-13(12)17)22-8-15(21)19-10-1-4-14-9(5-10)7-18-20-14/h1-7H,8H2,(H,18,20)(H,19,21). The number of halogens is 2. The van der Waals surface area contributed by atoms with Gasteiger partial charge in [-0.05, 0) is 30.3 Å². The summed E-state index contributed by atoms with van der Waals surface area (Å²) in [7, 11) is 0. The first-order chi connectivity index (χ1) is 10.6. The molecule has 0 spiro atoms. The Balaban J connectivity index is 1.60. The van der Waals surface area contributed by atoms with Crippen LogP contribution < -0.4 is 10.1 Å². The number of ether oxygens (including phenoxy) is 1. The van der Waals surface area contributed by atoms with Crippen LogP contribution in [-0.4, -0.2) is 22.7 Å². The average Bonchev–Trinajstić information content (AvgIpc) is 2.96. The number of carbonyl (C=O) groups excluding carboxylic acids is 1. The molecular formula is C15H11Cl2N3O2. The summed E-state index contributed by atoms with van der Waals surface area (Å²) in [6, 6.07) is 10.3. The highest BCUT2D eigenvalue weighted by atomic mass is 35.5. The molecule has 3 aromatic rings. The van der Waals surface area contributed by atoms with Crippen molar-refractivity contribution in [1.29, 1.82) is 0 Å². The van der Waals surface area contributed by atoms with Crippen LogP contribution >= 0.6 is 23.2 Å². The van der Waals surface area contributed by atoms with Crippen LogP contribution in [0.3, 0.4) is 0 Å². The number of amides is 1. The van der Waals surface area contributed by atoms with Gasteiger partial charge in [0.25, 0.3) is 5.91 Å². The highest BCUT2D eigenvalue weighted by molar-refractivity contribution is 6.42. The van der Waals surface area contributed by atoms with Crippen molar-refractivity contribution >= 4 is 45.7 Å². The Morgan fingerprint density at radius 3 is 2.86 bits per heavy atom. The Bertz CT molecular complexity index is 833. The third kappa shape index (κ3) is 3.32. The number of hydrogen-bond donors (Lipinski definition) is 2. The van der Waals surface area contributed by atoms with Crippen molar-refractivity contribution in [3.8, 4) is 5.75 Å². The fourth-order valence-electron chi connectivity index (χ4n) is 1.93. The van der Waals surface area contributed by atoms with Crippen LogP contribution in [0.4, 0.5) is 5.69 Å². The summed E-state index contributed by atoms with van der Waals surface area (Å²) in [6.45, 7) is -0.124. The molecule has 0 fully saturated rings. The van der Waals surface area contributed by atoms with Crippen LogP contribution in [0.15, 0.2) is 42.6 Å². The normalized spacial score (nSPS) is 10.6. The first-order valence-electron chi connectivity index (χ1n) is 6.42. The van der Waals surface area contributed by atoms with Gasteiger partial charge < -0.3 is 10.1 Å². The minimum absolute atomic E-state index is 0.124. The number of anilines is 1. The molecule has 1 aromatic heterocycles. The first-order valence-corrected chi connectivity index (χ1v) is 7.18.